The number of carbonyl (C=O) groups excluding carboxylic acids is 1. The second kappa shape index (κ2) is 10.8. The minimum Gasteiger partial charge on any atom is -0.369 e. The monoisotopic (exact) mass is 493 g/mol. The molecule has 1 aromatic rings. The molecule has 2 rings (SSSR count). The van der Waals surface area contributed by atoms with Gasteiger partial charge in [0.25, 0.3) is 0 Å². The van der Waals surface area contributed by atoms with Crippen molar-refractivity contribution in [2.24, 2.45) is 4.99 Å². The van der Waals surface area contributed by atoms with Gasteiger partial charge < -0.3 is 20.4 Å². The fraction of sp³-hybridized carbons (Fsp3) is 0.556. The highest BCUT2D eigenvalue weighted by Crippen LogP contribution is 2.23. The smallest absolute Gasteiger partial charge is 0.243 e. The molecule has 26 heavy (non-hydrogen) atoms. The maximum atomic E-state index is 11.8. The molecule has 8 heteroatoms. The lowest BCUT2D eigenvalue weighted by Gasteiger charge is -2.22. The van der Waals surface area contributed by atoms with Gasteiger partial charge in [0.05, 0.1) is 0 Å². The molecule has 6 nitrogen and oxygen atoms in total. The van der Waals surface area contributed by atoms with Crippen LogP contribution in [0.2, 0.25) is 5.02 Å². The predicted octanol–water partition coefficient (Wildman–Crippen LogP) is 2.57. The molecule has 0 aliphatic carbocycles. The normalized spacial score (nSPS) is 17.1. The van der Waals surface area contributed by atoms with Gasteiger partial charge >= 0.3 is 0 Å². The number of anilines is 1. The van der Waals surface area contributed by atoms with Gasteiger partial charge in [-0.25, -0.2) is 4.99 Å². The van der Waals surface area contributed by atoms with Crippen molar-refractivity contribution in [3.63, 3.8) is 0 Å². The summed E-state index contributed by atoms with van der Waals surface area (Å²) >= 11 is 6.09. The van der Waals surface area contributed by atoms with E-state index in [0.29, 0.717) is 5.96 Å². The largest absolute Gasteiger partial charge is 0.369 e. The molecule has 1 amide bonds. The number of nitrogens with zero attached hydrogens (tertiary/aromatic N) is 3. The van der Waals surface area contributed by atoms with Crippen molar-refractivity contribution in [3.05, 3.63) is 29.3 Å². The minimum absolute atomic E-state index is 0. The number of amides is 1. The maximum Gasteiger partial charge on any atom is 0.243 e. The zero-order valence-corrected chi connectivity index (χ0v) is 18.9. The number of guanidine groups is 1. The van der Waals surface area contributed by atoms with Gasteiger partial charge in [0.1, 0.15) is 6.54 Å². The van der Waals surface area contributed by atoms with Gasteiger partial charge in [-0.3, -0.25) is 4.79 Å². The first-order valence-corrected chi connectivity index (χ1v) is 9.01. The molecule has 1 aromatic carbocycles. The Morgan fingerprint density at radius 3 is 2.77 bits per heavy atom. The van der Waals surface area contributed by atoms with Gasteiger partial charge in [-0.05, 0) is 38.5 Å². The Balaban J connectivity index is 0.00000338. The van der Waals surface area contributed by atoms with E-state index in [0.717, 1.165) is 30.2 Å². The topological polar surface area (TPSA) is 60.0 Å². The van der Waals surface area contributed by atoms with Crippen molar-refractivity contribution in [1.82, 2.24) is 15.5 Å². The molecule has 1 heterocycles. The van der Waals surface area contributed by atoms with Gasteiger partial charge in [-0.2, -0.15) is 0 Å². The third-order valence-corrected chi connectivity index (χ3v) is 4.23. The number of benzene rings is 1. The number of hydrogen-bond acceptors (Lipinski definition) is 3. The van der Waals surface area contributed by atoms with Crippen LogP contribution < -0.4 is 15.5 Å². The van der Waals surface area contributed by atoms with Crippen LogP contribution in [0.25, 0.3) is 0 Å². The minimum atomic E-state index is -0.0168. The van der Waals surface area contributed by atoms with Crippen molar-refractivity contribution in [2.45, 2.75) is 32.4 Å². The molecule has 1 unspecified atom stereocenters. The lowest BCUT2D eigenvalue weighted by molar-refractivity contribution is -0.127. The lowest BCUT2D eigenvalue weighted by atomic mass is 10.2. The van der Waals surface area contributed by atoms with E-state index in [4.69, 9.17) is 11.6 Å². The Bertz CT molecular complexity index is 623. The Morgan fingerprint density at radius 2 is 2.15 bits per heavy atom. The number of hydrogen-bond donors (Lipinski definition) is 2. The number of likely N-dealkylation sites (N-methyl/N-ethyl adjacent to an activating group) is 1. The number of halogens is 2. The van der Waals surface area contributed by atoms with Crippen LogP contribution in [-0.2, 0) is 4.79 Å². The number of carbonyl (C=O) groups is 1. The summed E-state index contributed by atoms with van der Waals surface area (Å²) in [4.78, 5) is 20.1. The number of rotatable bonds is 5. The molecular weight excluding hydrogens is 465 g/mol. The summed E-state index contributed by atoms with van der Waals surface area (Å²) in [6, 6.07) is 8.44. The molecule has 0 saturated carbocycles. The van der Waals surface area contributed by atoms with Gasteiger partial charge in [-0.15, -0.1) is 24.0 Å². The van der Waals surface area contributed by atoms with Crippen LogP contribution in [0.4, 0.5) is 5.69 Å². The highest BCUT2D eigenvalue weighted by Gasteiger charge is 2.24. The van der Waals surface area contributed by atoms with Crippen LogP contribution in [0.5, 0.6) is 0 Å². The first-order valence-electron chi connectivity index (χ1n) is 8.63. The van der Waals surface area contributed by atoms with E-state index in [2.05, 4.69) is 40.4 Å². The van der Waals surface area contributed by atoms with Crippen LogP contribution in [0, 0.1) is 0 Å². The molecule has 146 valence electrons. The summed E-state index contributed by atoms with van der Waals surface area (Å²) in [6.45, 7) is 6.08. The summed E-state index contributed by atoms with van der Waals surface area (Å²) in [5.41, 5.74) is 1.13. The van der Waals surface area contributed by atoms with Gasteiger partial charge in [0, 0.05) is 50.0 Å². The summed E-state index contributed by atoms with van der Waals surface area (Å²) in [5, 5.41) is 7.49. The third-order valence-electron chi connectivity index (χ3n) is 4.00. The molecule has 0 spiro atoms. The molecule has 1 atom stereocenters. The summed E-state index contributed by atoms with van der Waals surface area (Å²) in [6.07, 6.45) is 1.01. The fourth-order valence-corrected chi connectivity index (χ4v) is 2.86. The molecule has 0 radical (unpaired) electrons. The Hall–Kier alpha value is -1.22. The van der Waals surface area contributed by atoms with Gasteiger partial charge in [-0.1, -0.05) is 17.7 Å². The summed E-state index contributed by atoms with van der Waals surface area (Å²) < 4.78 is 0. The van der Waals surface area contributed by atoms with E-state index >= 15 is 0 Å². The standard InChI is InChI=1S/C18H28ClN5O.HI/c1-13(2)21-18(20-11-17(25)23(3)4)22-15-8-9-24(12-15)16-7-5-6-14(19)10-16;/h5-7,10,13,15H,8-9,11-12H2,1-4H3,(H2,20,21,22);1H. The van der Waals surface area contributed by atoms with Crippen LogP contribution >= 0.6 is 35.6 Å². The highest BCUT2D eigenvalue weighted by molar-refractivity contribution is 14.0. The van der Waals surface area contributed by atoms with E-state index in [1.807, 2.05) is 18.2 Å². The SMILES string of the molecule is CC(C)NC(=NCC(=O)N(C)C)NC1CCN(c2cccc(Cl)c2)C1.I. The molecule has 1 aliphatic rings. The van der Waals surface area contributed by atoms with Gasteiger partial charge in [0.15, 0.2) is 5.96 Å². The van der Waals surface area contributed by atoms with Crippen LogP contribution in [0.1, 0.15) is 20.3 Å². The third kappa shape index (κ3) is 7.19. The average molecular weight is 494 g/mol. The molecule has 1 saturated heterocycles. The van der Waals surface area contributed by atoms with Crippen molar-refractivity contribution >= 4 is 53.1 Å². The quantitative estimate of drug-likeness (QED) is 0.376. The van der Waals surface area contributed by atoms with Crippen molar-refractivity contribution < 1.29 is 4.79 Å². The van der Waals surface area contributed by atoms with Crippen LogP contribution in [0.15, 0.2) is 29.3 Å². The molecular formula is C18H29ClIN5O. The number of aliphatic imine (C=N–C) groups is 1. The second-order valence-electron chi connectivity index (χ2n) is 6.81. The van der Waals surface area contributed by atoms with Crippen molar-refractivity contribution in [1.29, 1.82) is 0 Å². The maximum absolute atomic E-state index is 11.8. The molecule has 1 aliphatic heterocycles. The van der Waals surface area contributed by atoms with Crippen LogP contribution in [0.3, 0.4) is 0 Å². The second-order valence-corrected chi connectivity index (χ2v) is 7.24. The van der Waals surface area contributed by atoms with Crippen molar-refractivity contribution in [3.8, 4) is 0 Å². The molecule has 0 aromatic heterocycles. The Kier molecular flexibility index (Phi) is 9.49. The molecule has 1 fully saturated rings. The van der Waals surface area contributed by atoms with Gasteiger partial charge in [0.2, 0.25) is 5.91 Å². The highest BCUT2D eigenvalue weighted by atomic mass is 127. The average Bonchev–Trinajstić information content (AvgIpc) is 3.00. The number of nitrogens with one attached hydrogen (secondary N) is 2. The lowest BCUT2D eigenvalue weighted by Crippen LogP contribution is -2.47. The fourth-order valence-electron chi connectivity index (χ4n) is 2.67. The summed E-state index contributed by atoms with van der Waals surface area (Å²) in [7, 11) is 3.47. The first-order chi connectivity index (χ1) is 11.8. The van der Waals surface area contributed by atoms with E-state index in [1.165, 1.54) is 0 Å². The zero-order valence-electron chi connectivity index (χ0n) is 15.8. The Labute approximate surface area is 178 Å². The predicted molar refractivity (Wildman–Crippen MR) is 120 cm³/mol. The Morgan fingerprint density at radius 1 is 1.42 bits per heavy atom. The van der Waals surface area contributed by atoms with Crippen molar-refractivity contribution in [2.75, 3.05) is 38.6 Å². The first kappa shape index (κ1) is 22.8. The zero-order chi connectivity index (χ0) is 18.4. The summed E-state index contributed by atoms with van der Waals surface area (Å²) in [5.74, 6) is 0.667. The molecule has 2 N–H and O–H groups in total. The van der Waals surface area contributed by atoms with E-state index in [-0.39, 0.29) is 48.5 Å². The van der Waals surface area contributed by atoms with E-state index in [9.17, 15) is 4.79 Å². The van der Waals surface area contributed by atoms with E-state index in [1.54, 1.807) is 19.0 Å². The molecule has 0 bridgehead atoms. The van der Waals surface area contributed by atoms with Crippen LogP contribution in [-0.4, -0.2) is 62.6 Å². The van der Waals surface area contributed by atoms with E-state index < -0.39 is 0 Å².